The van der Waals surface area contributed by atoms with E-state index < -0.39 is 9.84 Å². The van der Waals surface area contributed by atoms with Gasteiger partial charge in [-0.2, -0.15) is 4.33 Å². The summed E-state index contributed by atoms with van der Waals surface area (Å²) < 4.78 is 27.0. The fraction of sp³-hybridized carbons (Fsp3) is 0.250. The maximum Gasteiger partial charge on any atom is 0.175 e. The molecule has 1 rings (SSSR count). The van der Waals surface area contributed by atoms with Crippen molar-refractivity contribution in [2.24, 2.45) is 0 Å². The number of benzene rings is 1. The minimum Gasteiger partial charge on any atom is -0.227 e. The average molecular weight is 234 g/mol. The van der Waals surface area contributed by atoms with Gasteiger partial charge in [0, 0.05) is 11.2 Å². The first-order chi connectivity index (χ1) is 6.54. The molecule has 0 amide bonds. The van der Waals surface area contributed by atoms with E-state index >= 15 is 0 Å². The highest BCUT2D eigenvalue weighted by Crippen LogP contribution is 2.22. The lowest BCUT2D eigenvalue weighted by atomic mass is 10.4. The number of hydrogen-bond donors (Lipinski definition) is 0. The molecule has 0 radical (unpaired) electrons. The molecule has 1 aromatic carbocycles. The van der Waals surface area contributed by atoms with Crippen molar-refractivity contribution in [2.45, 2.75) is 9.79 Å². The molecule has 0 fully saturated rings. The first-order valence-corrected chi connectivity index (χ1v) is 6.35. The Kier molecular flexibility index (Phi) is 3.94. The van der Waals surface area contributed by atoms with Crippen LogP contribution in [0.25, 0.3) is 0 Å². The van der Waals surface area contributed by atoms with Gasteiger partial charge in [0.1, 0.15) is 0 Å². The van der Waals surface area contributed by atoms with Crippen molar-refractivity contribution in [3.8, 4) is 0 Å². The highest BCUT2D eigenvalue weighted by Gasteiger charge is 2.07. The summed E-state index contributed by atoms with van der Waals surface area (Å²) in [5, 5.41) is 0. The Labute approximate surface area is 87.3 Å². The summed E-state index contributed by atoms with van der Waals surface area (Å²) in [6, 6.07) is 6.45. The van der Waals surface area contributed by atoms with Crippen molar-refractivity contribution >= 4 is 21.9 Å². The van der Waals surface area contributed by atoms with Gasteiger partial charge in [-0.25, -0.2) is 13.3 Å². The Morgan fingerprint density at radius 2 is 2.07 bits per heavy atom. The van der Waals surface area contributed by atoms with Crippen molar-refractivity contribution in [1.82, 2.24) is 0 Å². The van der Waals surface area contributed by atoms with Crippen LogP contribution >= 0.6 is 12.0 Å². The molecule has 0 unspecified atom stereocenters. The molecule has 0 aliphatic carbocycles. The predicted octanol–water partition coefficient (Wildman–Crippen LogP) is 1.68. The van der Waals surface area contributed by atoms with E-state index in [0.717, 1.165) is 18.3 Å². The van der Waals surface area contributed by atoms with Gasteiger partial charge < -0.3 is 0 Å². The van der Waals surface area contributed by atoms with Crippen LogP contribution in [0.3, 0.4) is 0 Å². The van der Waals surface area contributed by atoms with Gasteiger partial charge in [0.25, 0.3) is 0 Å². The van der Waals surface area contributed by atoms with Gasteiger partial charge in [-0.1, -0.05) is 6.07 Å². The molecule has 78 valence electrons. The van der Waals surface area contributed by atoms with E-state index in [1.165, 1.54) is 19.2 Å². The summed E-state index contributed by atoms with van der Waals surface area (Å²) in [6.45, 7) is 0. The van der Waals surface area contributed by atoms with E-state index in [0.29, 0.717) is 4.90 Å². The Balaban J connectivity index is 2.90. The molecule has 1 aromatic rings. The molecular weight excluding hydrogens is 224 g/mol. The van der Waals surface area contributed by atoms with Crippen LogP contribution in [0, 0.1) is 0 Å². The van der Waals surface area contributed by atoms with E-state index in [-0.39, 0.29) is 4.90 Å². The highest BCUT2D eigenvalue weighted by atomic mass is 32.2. The third-order valence-corrected chi connectivity index (χ3v) is 3.19. The summed E-state index contributed by atoms with van der Waals surface area (Å²) in [5.74, 6) is 0. The van der Waals surface area contributed by atoms with Crippen LogP contribution in [-0.2, 0) is 19.1 Å². The molecule has 6 heteroatoms. The van der Waals surface area contributed by atoms with Crippen LogP contribution < -0.4 is 0 Å². The van der Waals surface area contributed by atoms with Crippen molar-refractivity contribution in [3.63, 3.8) is 0 Å². The Morgan fingerprint density at radius 1 is 1.36 bits per heavy atom. The molecule has 0 spiro atoms. The van der Waals surface area contributed by atoms with E-state index in [1.54, 1.807) is 12.1 Å². The second-order valence-corrected chi connectivity index (χ2v) is 5.35. The molecule has 0 aliphatic heterocycles. The maximum absolute atomic E-state index is 11.2. The topological polar surface area (TPSA) is 52.6 Å². The average Bonchev–Trinajstić information content (AvgIpc) is 2.14. The molecule has 14 heavy (non-hydrogen) atoms. The van der Waals surface area contributed by atoms with Gasteiger partial charge in [-0.15, -0.1) is 0 Å². The SMILES string of the molecule is COOSc1cccc(S(C)(=O)=O)c1. The first kappa shape index (κ1) is 11.5. The zero-order valence-electron chi connectivity index (χ0n) is 7.76. The quantitative estimate of drug-likeness (QED) is 0.450. The predicted molar refractivity (Wildman–Crippen MR) is 53.5 cm³/mol. The van der Waals surface area contributed by atoms with E-state index in [2.05, 4.69) is 9.22 Å². The van der Waals surface area contributed by atoms with Crippen LogP contribution in [0.4, 0.5) is 0 Å². The fourth-order valence-corrected chi connectivity index (χ4v) is 2.03. The van der Waals surface area contributed by atoms with Gasteiger partial charge in [0.15, 0.2) is 9.84 Å². The molecule has 0 heterocycles. The van der Waals surface area contributed by atoms with Gasteiger partial charge in [0.2, 0.25) is 0 Å². The monoisotopic (exact) mass is 234 g/mol. The third-order valence-electron chi connectivity index (χ3n) is 1.43. The molecule has 0 aromatic heterocycles. The molecule has 0 atom stereocenters. The number of sulfone groups is 1. The Morgan fingerprint density at radius 3 is 2.64 bits per heavy atom. The van der Waals surface area contributed by atoms with Crippen molar-refractivity contribution < 1.29 is 17.6 Å². The third kappa shape index (κ3) is 3.30. The van der Waals surface area contributed by atoms with Gasteiger partial charge >= 0.3 is 0 Å². The van der Waals surface area contributed by atoms with Gasteiger partial charge in [-0.05, 0) is 18.2 Å². The first-order valence-electron chi connectivity index (χ1n) is 3.71. The van der Waals surface area contributed by atoms with Crippen LogP contribution in [0.15, 0.2) is 34.1 Å². The zero-order chi connectivity index (χ0) is 10.6. The van der Waals surface area contributed by atoms with E-state index in [9.17, 15) is 8.42 Å². The van der Waals surface area contributed by atoms with E-state index in [4.69, 9.17) is 0 Å². The maximum atomic E-state index is 11.2. The molecule has 0 bridgehead atoms. The number of rotatable bonds is 4. The molecule has 4 nitrogen and oxygen atoms in total. The van der Waals surface area contributed by atoms with Crippen molar-refractivity contribution in [1.29, 1.82) is 0 Å². The highest BCUT2D eigenvalue weighted by molar-refractivity contribution is 7.94. The van der Waals surface area contributed by atoms with Crippen molar-refractivity contribution in [3.05, 3.63) is 24.3 Å². The van der Waals surface area contributed by atoms with Gasteiger partial charge in [-0.3, -0.25) is 0 Å². The normalized spacial score (nSPS) is 11.6. The zero-order valence-corrected chi connectivity index (χ0v) is 9.39. The summed E-state index contributed by atoms with van der Waals surface area (Å²) in [5.41, 5.74) is 0. The second-order valence-electron chi connectivity index (χ2n) is 2.57. The standard InChI is InChI=1S/C8H10O4S2/c1-11-12-13-7-4-3-5-8(6-7)14(2,9)10/h3-6H,1-2H3. The van der Waals surface area contributed by atoms with Crippen LogP contribution in [0.2, 0.25) is 0 Å². The van der Waals surface area contributed by atoms with Crippen LogP contribution in [0.5, 0.6) is 0 Å². The van der Waals surface area contributed by atoms with Crippen LogP contribution in [-0.4, -0.2) is 21.8 Å². The summed E-state index contributed by atoms with van der Waals surface area (Å²) in [7, 11) is -1.78. The van der Waals surface area contributed by atoms with Crippen molar-refractivity contribution in [2.75, 3.05) is 13.4 Å². The molecule has 0 aliphatic rings. The Hall–Kier alpha value is -0.560. The smallest absolute Gasteiger partial charge is 0.175 e. The minimum absolute atomic E-state index is 0.266. The Bertz CT molecular complexity index is 400. The van der Waals surface area contributed by atoms with Crippen LogP contribution in [0.1, 0.15) is 0 Å². The molecule has 0 saturated carbocycles. The largest absolute Gasteiger partial charge is 0.227 e. The molecular formula is C8H10O4S2. The molecule has 0 N–H and O–H groups in total. The number of hydrogen-bond acceptors (Lipinski definition) is 5. The summed E-state index contributed by atoms with van der Waals surface area (Å²) >= 11 is 0.964. The second kappa shape index (κ2) is 4.79. The molecule has 0 saturated heterocycles. The minimum atomic E-state index is -3.16. The van der Waals surface area contributed by atoms with Gasteiger partial charge in [0.05, 0.1) is 24.0 Å². The summed E-state index contributed by atoms with van der Waals surface area (Å²) in [4.78, 5) is 5.33. The van der Waals surface area contributed by atoms with E-state index in [1.807, 2.05) is 0 Å². The fourth-order valence-electron chi connectivity index (χ4n) is 0.830. The summed E-state index contributed by atoms with van der Waals surface area (Å²) in [6.07, 6.45) is 1.16. The lowest BCUT2D eigenvalue weighted by Crippen LogP contribution is -1.96. The lowest BCUT2D eigenvalue weighted by Gasteiger charge is -2.01. The lowest BCUT2D eigenvalue weighted by molar-refractivity contribution is -0.160.